The summed E-state index contributed by atoms with van der Waals surface area (Å²) >= 11 is 0. The van der Waals surface area contributed by atoms with Crippen molar-refractivity contribution in [1.29, 1.82) is 0 Å². The average molecular weight is 394 g/mol. The van der Waals surface area contributed by atoms with Crippen molar-refractivity contribution in [2.24, 2.45) is 0 Å². The molecule has 0 radical (unpaired) electrons. The third-order valence-corrected chi connectivity index (χ3v) is 5.12. The lowest BCUT2D eigenvalue weighted by atomic mass is 10.1. The van der Waals surface area contributed by atoms with Gasteiger partial charge in [-0.3, -0.25) is 9.89 Å². The highest BCUT2D eigenvalue weighted by molar-refractivity contribution is 5.79. The second-order valence-corrected chi connectivity index (χ2v) is 7.17. The van der Waals surface area contributed by atoms with E-state index in [4.69, 9.17) is 4.74 Å². The molecule has 2 heterocycles. The van der Waals surface area contributed by atoms with Gasteiger partial charge in [0.25, 0.3) is 0 Å². The molecule has 150 valence electrons. The van der Waals surface area contributed by atoms with Crippen LogP contribution in [0.5, 0.6) is 5.75 Å². The standard InChI is InChI=1S/C22H23FN4O2/c1-29-19-8-2-15(3-9-19)12-22(28)24-18-10-11-27(14-18)21-13-20(25-26-21)16-4-6-17(23)7-5-16/h2-9,13,18H,10-12,14H2,1H3,(H,24,28)(H,25,26)/t18-/m1/s1. The summed E-state index contributed by atoms with van der Waals surface area (Å²) in [6.07, 6.45) is 1.21. The number of hydrogen-bond donors (Lipinski definition) is 2. The fourth-order valence-electron chi connectivity index (χ4n) is 3.54. The lowest BCUT2D eigenvalue weighted by molar-refractivity contribution is -0.121. The summed E-state index contributed by atoms with van der Waals surface area (Å²) in [6, 6.07) is 15.9. The second kappa shape index (κ2) is 8.34. The highest BCUT2D eigenvalue weighted by Gasteiger charge is 2.25. The SMILES string of the molecule is COc1ccc(CC(=O)N[C@@H]2CCN(c3cc(-c4ccc(F)cc4)[nH]n3)C2)cc1. The van der Waals surface area contributed by atoms with Crippen molar-refractivity contribution >= 4 is 11.7 Å². The Balaban J connectivity index is 1.32. The molecule has 7 heteroatoms. The van der Waals surface area contributed by atoms with Crippen molar-refractivity contribution in [2.45, 2.75) is 18.9 Å². The Morgan fingerprint density at radius 3 is 2.72 bits per heavy atom. The summed E-state index contributed by atoms with van der Waals surface area (Å²) in [6.45, 7) is 1.53. The van der Waals surface area contributed by atoms with Crippen molar-refractivity contribution in [3.05, 3.63) is 66.0 Å². The fraction of sp³-hybridized carbons (Fsp3) is 0.273. The van der Waals surface area contributed by atoms with E-state index >= 15 is 0 Å². The van der Waals surface area contributed by atoms with Crippen molar-refractivity contribution in [3.63, 3.8) is 0 Å². The zero-order chi connectivity index (χ0) is 20.2. The maximum absolute atomic E-state index is 13.1. The normalized spacial score (nSPS) is 16.1. The summed E-state index contributed by atoms with van der Waals surface area (Å²) < 4.78 is 18.2. The van der Waals surface area contributed by atoms with E-state index in [1.165, 1.54) is 12.1 Å². The number of aromatic amines is 1. The van der Waals surface area contributed by atoms with E-state index in [0.717, 1.165) is 41.4 Å². The zero-order valence-corrected chi connectivity index (χ0v) is 16.2. The number of rotatable bonds is 6. The van der Waals surface area contributed by atoms with Crippen LogP contribution in [-0.4, -0.2) is 42.3 Å². The van der Waals surface area contributed by atoms with Crippen LogP contribution in [-0.2, 0) is 11.2 Å². The molecule has 4 rings (SSSR count). The maximum atomic E-state index is 13.1. The Hall–Kier alpha value is -3.35. The van der Waals surface area contributed by atoms with Crippen LogP contribution < -0.4 is 15.0 Å². The van der Waals surface area contributed by atoms with Crippen LogP contribution in [0.15, 0.2) is 54.6 Å². The molecule has 3 aromatic rings. The molecule has 6 nitrogen and oxygen atoms in total. The lowest BCUT2D eigenvalue weighted by Crippen LogP contribution is -2.38. The average Bonchev–Trinajstić information content (AvgIpc) is 3.39. The maximum Gasteiger partial charge on any atom is 0.224 e. The molecule has 1 aliphatic rings. The van der Waals surface area contributed by atoms with Gasteiger partial charge in [0, 0.05) is 25.2 Å². The van der Waals surface area contributed by atoms with Crippen LogP contribution in [0.25, 0.3) is 11.3 Å². The van der Waals surface area contributed by atoms with Gasteiger partial charge in [0.05, 0.1) is 19.2 Å². The number of hydrogen-bond acceptors (Lipinski definition) is 4. The number of carbonyl (C=O) groups is 1. The first-order valence-corrected chi connectivity index (χ1v) is 9.59. The summed E-state index contributed by atoms with van der Waals surface area (Å²) in [5, 5.41) is 10.5. The number of carbonyl (C=O) groups excluding carboxylic acids is 1. The first-order valence-electron chi connectivity index (χ1n) is 9.59. The molecule has 0 spiro atoms. The van der Waals surface area contributed by atoms with Crippen LogP contribution in [0.1, 0.15) is 12.0 Å². The van der Waals surface area contributed by atoms with Crippen LogP contribution in [0.4, 0.5) is 10.2 Å². The number of benzene rings is 2. The Morgan fingerprint density at radius 2 is 2.00 bits per heavy atom. The largest absolute Gasteiger partial charge is 0.497 e. The van der Waals surface area contributed by atoms with E-state index in [0.29, 0.717) is 13.0 Å². The van der Waals surface area contributed by atoms with E-state index < -0.39 is 0 Å². The number of methoxy groups -OCH3 is 1. The number of halogens is 1. The molecule has 1 atom stereocenters. The van der Waals surface area contributed by atoms with Gasteiger partial charge in [0.1, 0.15) is 11.6 Å². The van der Waals surface area contributed by atoms with Gasteiger partial charge < -0.3 is 15.0 Å². The van der Waals surface area contributed by atoms with Crippen LogP contribution in [0.3, 0.4) is 0 Å². The molecule has 0 unspecified atom stereocenters. The zero-order valence-electron chi connectivity index (χ0n) is 16.2. The smallest absolute Gasteiger partial charge is 0.224 e. The van der Waals surface area contributed by atoms with Gasteiger partial charge in [0.2, 0.25) is 5.91 Å². The van der Waals surface area contributed by atoms with Gasteiger partial charge in [-0.15, -0.1) is 0 Å². The monoisotopic (exact) mass is 394 g/mol. The number of ether oxygens (including phenoxy) is 1. The highest BCUT2D eigenvalue weighted by Crippen LogP contribution is 2.24. The van der Waals surface area contributed by atoms with Crippen molar-refractivity contribution in [2.75, 3.05) is 25.1 Å². The molecule has 2 N–H and O–H groups in total. The third kappa shape index (κ3) is 4.56. The second-order valence-electron chi connectivity index (χ2n) is 7.17. The molecule has 0 aliphatic carbocycles. The molecule has 1 fully saturated rings. The fourth-order valence-corrected chi connectivity index (χ4v) is 3.54. The molecule has 1 aromatic heterocycles. The van der Waals surface area contributed by atoms with Gasteiger partial charge >= 0.3 is 0 Å². The van der Waals surface area contributed by atoms with Gasteiger partial charge in [-0.05, 0) is 53.9 Å². The van der Waals surface area contributed by atoms with E-state index in [2.05, 4.69) is 20.4 Å². The third-order valence-electron chi connectivity index (χ3n) is 5.12. The van der Waals surface area contributed by atoms with Crippen molar-refractivity contribution in [1.82, 2.24) is 15.5 Å². The highest BCUT2D eigenvalue weighted by atomic mass is 19.1. The van der Waals surface area contributed by atoms with Gasteiger partial charge in [-0.25, -0.2) is 4.39 Å². The van der Waals surface area contributed by atoms with Crippen molar-refractivity contribution in [3.8, 4) is 17.0 Å². The Morgan fingerprint density at radius 1 is 1.24 bits per heavy atom. The minimum Gasteiger partial charge on any atom is -0.497 e. The van der Waals surface area contributed by atoms with E-state index in [1.54, 1.807) is 19.2 Å². The first kappa shape index (κ1) is 19.0. The van der Waals surface area contributed by atoms with Crippen LogP contribution >= 0.6 is 0 Å². The number of nitrogens with one attached hydrogen (secondary N) is 2. The van der Waals surface area contributed by atoms with E-state index in [-0.39, 0.29) is 17.8 Å². The van der Waals surface area contributed by atoms with Crippen LogP contribution in [0.2, 0.25) is 0 Å². The first-order chi connectivity index (χ1) is 14.1. The minimum atomic E-state index is -0.263. The molecule has 2 aromatic carbocycles. The van der Waals surface area contributed by atoms with E-state index in [9.17, 15) is 9.18 Å². The molecule has 1 saturated heterocycles. The quantitative estimate of drug-likeness (QED) is 0.674. The lowest BCUT2D eigenvalue weighted by Gasteiger charge is -2.16. The Bertz CT molecular complexity index is 969. The summed E-state index contributed by atoms with van der Waals surface area (Å²) in [7, 11) is 1.62. The number of nitrogens with zero attached hydrogens (tertiary/aromatic N) is 2. The van der Waals surface area contributed by atoms with Gasteiger partial charge in [-0.2, -0.15) is 5.10 Å². The molecular weight excluding hydrogens is 371 g/mol. The molecule has 1 amide bonds. The summed E-state index contributed by atoms with van der Waals surface area (Å²) in [5.74, 6) is 1.35. The Labute approximate surface area is 168 Å². The molecule has 29 heavy (non-hydrogen) atoms. The van der Waals surface area contributed by atoms with Crippen molar-refractivity contribution < 1.29 is 13.9 Å². The predicted octanol–water partition coefficient (Wildman–Crippen LogP) is 3.16. The summed E-state index contributed by atoms with van der Waals surface area (Å²) in [4.78, 5) is 14.5. The molecule has 1 aliphatic heterocycles. The topological polar surface area (TPSA) is 70.2 Å². The minimum absolute atomic E-state index is 0.0102. The predicted molar refractivity (Wildman–Crippen MR) is 109 cm³/mol. The number of amides is 1. The van der Waals surface area contributed by atoms with E-state index in [1.807, 2.05) is 30.3 Å². The number of anilines is 1. The van der Waals surface area contributed by atoms with Gasteiger partial charge in [0.15, 0.2) is 5.82 Å². The van der Waals surface area contributed by atoms with Crippen LogP contribution in [0, 0.1) is 5.82 Å². The van der Waals surface area contributed by atoms with Gasteiger partial charge in [-0.1, -0.05) is 12.1 Å². The molecular formula is C22H23FN4O2. The number of aromatic nitrogens is 2. The summed E-state index contributed by atoms with van der Waals surface area (Å²) in [5.41, 5.74) is 2.68. The molecule has 0 bridgehead atoms. The molecule has 0 saturated carbocycles. The Kier molecular flexibility index (Phi) is 5.46. The number of H-pyrrole nitrogens is 1.